The molecule has 0 fully saturated rings. The van der Waals surface area contributed by atoms with E-state index in [4.69, 9.17) is 0 Å². The zero-order chi connectivity index (χ0) is 0. The Morgan fingerprint density at radius 3 is 0.300 bits per heavy atom. The third-order valence-corrected chi connectivity index (χ3v) is 0. The first-order valence-corrected chi connectivity index (χ1v) is 0. The fraction of sp³-hybridized carbons (Fsp3) is 0. The van der Waals surface area contributed by atoms with Gasteiger partial charge in [-0.3, -0.25) is 0 Å². The quantitative estimate of drug-likeness (QED) is 0.221. The average Bonchev–Trinajstić information content (AvgIpc) is 0. The monoisotopic (exact) mass is 693 g/mol. The summed E-state index contributed by atoms with van der Waals surface area (Å²) < 4.78 is 0. The van der Waals surface area contributed by atoms with Gasteiger partial charge in [-0.25, -0.2) is 0 Å². The maximum Gasteiger partial charge on any atom is 2.00 e. The van der Waals surface area contributed by atoms with Crippen molar-refractivity contribution < 1.29 is 276 Å². The summed E-state index contributed by atoms with van der Waals surface area (Å²) in [6, 6.07) is 0. The molecule has 0 aliphatic heterocycles. The fourth-order valence-electron chi connectivity index (χ4n) is 0. The fourth-order valence-corrected chi connectivity index (χ4v) is 0. The van der Waals surface area contributed by atoms with Gasteiger partial charge < -0.3 is 102 Å². The third kappa shape index (κ3) is 55.1. The molecule has 0 N–H and O–H groups in total. The van der Waals surface area contributed by atoms with Crippen LogP contribution < -0.4 is 256 Å². The minimum atomic E-state index is 0. The van der Waals surface area contributed by atoms with Crippen molar-refractivity contribution in [3.8, 4) is 0 Å². The van der Waals surface area contributed by atoms with E-state index in [0.29, 0.717) is 0 Å². The largest absolute Gasteiger partial charge is 2.00 e. The van der Waals surface area contributed by atoms with Crippen LogP contribution in [0.4, 0.5) is 0 Å². The molecule has 0 amide bonds. The van der Waals surface area contributed by atoms with Crippen LogP contribution in [0.1, 0.15) is 0 Å². The minimum absolute atomic E-state index is 0. The molecule has 10 heteroatoms. The maximum absolute atomic E-state index is 0. The topological polar surface area (TPSA) is 0 Å². The van der Waals surface area contributed by atoms with E-state index in [2.05, 4.69) is 0 Å². The summed E-state index contributed by atoms with van der Waals surface area (Å²) in [6.07, 6.45) is 0. The molecule has 0 aromatic carbocycles. The van der Waals surface area contributed by atoms with Crippen molar-refractivity contribution in [3.63, 3.8) is 0 Å². The predicted octanol–water partition coefficient (Wildman–Crippen LogP) is -27.0. The molecule has 0 saturated heterocycles. The van der Waals surface area contributed by atoms with Gasteiger partial charge >= 0.3 is 174 Å². The van der Waals surface area contributed by atoms with E-state index in [1.807, 2.05) is 0 Å². The Morgan fingerprint density at radius 2 is 0.300 bits per heavy atom. The molecule has 0 unspecified atom stereocenters. The Balaban J connectivity index is 0. The molecule has 1 radical (unpaired) electrons. The van der Waals surface area contributed by atoms with Crippen LogP contribution in [0.15, 0.2) is 0 Å². The van der Waals surface area contributed by atoms with Gasteiger partial charge in [0, 0.05) is 0 Å². The second-order valence-corrected chi connectivity index (χ2v) is 0. The van der Waals surface area contributed by atoms with Crippen LogP contribution in [0.2, 0.25) is 0 Å². The summed E-state index contributed by atoms with van der Waals surface area (Å²) in [6.45, 7) is 0. The van der Waals surface area contributed by atoms with Crippen LogP contribution >= 0.6 is 0 Å². The number of halogens is 6. The first-order chi connectivity index (χ1) is 0. The molecule has 0 saturated carbocycles. The predicted molar refractivity (Wildman–Crippen MR) is 0 cm³/mol. The van der Waals surface area contributed by atoms with Gasteiger partial charge in [0.2, 0.25) is 0 Å². The van der Waals surface area contributed by atoms with E-state index in [9.17, 15) is 0 Å². The maximum atomic E-state index is 0. The molecule has 55 valence electrons. The molecule has 0 heterocycles. The van der Waals surface area contributed by atoms with Crippen molar-refractivity contribution >= 4 is 0 Å². The molecule has 0 aliphatic carbocycles. The van der Waals surface area contributed by atoms with Gasteiger partial charge in [-0.05, 0) is 0 Å². The molecule has 0 aromatic heterocycles. The van der Waals surface area contributed by atoms with Gasteiger partial charge in [-0.15, -0.1) is 0 Å². The van der Waals surface area contributed by atoms with Crippen molar-refractivity contribution in [2.75, 3.05) is 0 Å². The Morgan fingerprint density at radius 1 is 0.300 bits per heavy atom. The van der Waals surface area contributed by atoms with E-state index in [1.165, 1.54) is 0 Å². The Bertz CT molecular complexity index is 13.0. The summed E-state index contributed by atoms with van der Waals surface area (Å²) >= 11 is 0. The first-order valence-electron chi connectivity index (χ1n) is 0. The summed E-state index contributed by atoms with van der Waals surface area (Å²) in [7, 11) is 0. The second-order valence-electron chi connectivity index (χ2n) is 0. The summed E-state index contributed by atoms with van der Waals surface area (Å²) in [4.78, 5) is 0. The molecule has 0 atom stereocenters. The van der Waals surface area contributed by atoms with Crippen molar-refractivity contribution in [2.45, 2.75) is 0 Å². The zero-order valence-electron chi connectivity index (χ0n) is 5.60. The van der Waals surface area contributed by atoms with Crippen molar-refractivity contribution in [2.24, 2.45) is 0 Å². The van der Waals surface area contributed by atoms with Crippen molar-refractivity contribution in [3.05, 3.63) is 0 Å². The molecular formula is Br6K3Rh-. The van der Waals surface area contributed by atoms with E-state index in [1.54, 1.807) is 0 Å². The number of hydrogen-bond acceptors (Lipinski definition) is 0. The van der Waals surface area contributed by atoms with Crippen LogP contribution in [0.3, 0.4) is 0 Å². The van der Waals surface area contributed by atoms with Gasteiger partial charge in [0.1, 0.15) is 0 Å². The van der Waals surface area contributed by atoms with Gasteiger partial charge in [-0.1, -0.05) is 0 Å². The molecule has 0 bridgehead atoms. The van der Waals surface area contributed by atoms with Crippen LogP contribution in [-0.4, -0.2) is 0 Å². The Kier molecular flexibility index (Phi) is 523. The molecule has 0 aliphatic rings. The summed E-state index contributed by atoms with van der Waals surface area (Å²) in [5, 5.41) is 0. The van der Waals surface area contributed by atoms with Crippen molar-refractivity contribution in [1.82, 2.24) is 0 Å². The molecule has 0 rings (SSSR count). The molecule has 0 aromatic rings. The Labute approximate surface area is 266 Å². The smallest absolute Gasteiger partial charge is 1.00 e. The minimum Gasteiger partial charge on any atom is -1.00 e. The first kappa shape index (κ1) is 78.9. The number of hydrogen-bond donors (Lipinski definition) is 0. The normalized spacial score (nSPS) is 0. The number of rotatable bonds is 0. The summed E-state index contributed by atoms with van der Waals surface area (Å²) in [5.41, 5.74) is 0. The van der Waals surface area contributed by atoms with E-state index in [0.717, 1.165) is 0 Å². The van der Waals surface area contributed by atoms with E-state index >= 15 is 0 Å². The molecule has 0 spiro atoms. The average molecular weight is 700 g/mol. The van der Waals surface area contributed by atoms with Crippen LogP contribution in [0.5, 0.6) is 0 Å². The second kappa shape index (κ2) is 66.3. The van der Waals surface area contributed by atoms with Gasteiger partial charge in [0.05, 0.1) is 0 Å². The van der Waals surface area contributed by atoms with Crippen LogP contribution in [0, 0.1) is 0 Å². The SMILES string of the molecule is [Br-].[Br-].[Br-].[Br-].[Br-].[Br-].[K+].[K+].[K+].[Rh+2]. The van der Waals surface area contributed by atoms with Gasteiger partial charge in [-0.2, -0.15) is 0 Å². The van der Waals surface area contributed by atoms with Gasteiger partial charge in [0.25, 0.3) is 0 Å². The van der Waals surface area contributed by atoms with Crippen LogP contribution in [-0.2, 0) is 19.5 Å². The summed E-state index contributed by atoms with van der Waals surface area (Å²) in [5.74, 6) is 0. The van der Waals surface area contributed by atoms with E-state index < -0.39 is 0 Å². The zero-order valence-corrected chi connectivity index (χ0v) is 26.1. The third-order valence-electron chi connectivity index (χ3n) is 0. The van der Waals surface area contributed by atoms with Crippen LogP contribution in [0.25, 0.3) is 0 Å². The Hall–Kier alpha value is 8.41. The van der Waals surface area contributed by atoms with Crippen molar-refractivity contribution in [1.29, 1.82) is 0 Å². The van der Waals surface area contributed by atoms with Gasteiger partial charge in [0.15, 0.2) is 0 Å². The van der Waals surface area contributed by atoms with E-state index in [-0.39, 0.29) is 276 Å². The molecule has 0 nitrogen and oxygen atoms in total. The molecule has 10 heavy (non-hydrogen) atoms. The molecular weight excluding hydrogens is 700 g/mol. The standard InChI is InChI=1S/6BrH.3K.Rh/h6*1H;;;;/q;;;;;;3*+1;+2/p-6.